The van der Waals surface area contributed by atoms with Crippen molar-refractivity contribution in [3.8, 4) is 0 Å². The third kappa shape index (κ3) is 10.7. The van der Waals surface area contributed by atoms with Gasteiger partial charge in [-0.15, -0.1) is 0 Å². The van der Waals surface area contributed by atoms with Crippen LogP contribution in [0.2, 0.25) is 0 Å². The van der Waals surface area contributed by atoms with Crippen LogP contribution in [0.15, 0.2) is 0 Å². The highest BCUT2D eigenvalue weighted by molar-refractivity contribution is 5.92. The maximum absolute atomic E-state index is 12.5. The molecule has 7 atom stereocenters. The smallest absolute Gasteiger partial charge is 0.303 e. The molecule has 15 heteroatoms. The molecule has 0 saturated heterocycles. The normalized spacial score (nSPS) is 17.1. The van der Waals surface area contributed by atoms with Gasteiger partial charge in [0, 0.05) is 13.3 Å². The Morgan fingerprint density at radius 3 is 2.06 bits per heavy atom. The van der Waals surface area contributed by atoms with Crippen molar-refractivity contribution < 1.29 is 53.9 Å². The van der Waals surface area contributed by atoms with Gasteiger partial charge in [-0.1, -0.05) is 0 Å². The van der Waals surface area contributed by atoms with E-state index in [-0.39, 0.29) is 12.7 Å². The highest BCUT2D eigenvalue weighted by atomic mass is 16.5. The van der Waals surface area contributed by atoms with Gasteiger partial charge in [-0.25, -0.2) is 0 Å². The average molecular weight is 492 g/mol. The van der Waals surface area contributed by atoms with E-state index in [0.717, 1.165) is 6.92 Å². The molecule has 15 nitrogen and oxygen atoms in total. The standard InChI is InChI=1S/C19H32N4O11/c1-8(18(32)23-11(17(20)31)4-5-14(28)29)21-19(33)9(2)34-16(15(30)13(27)7-25)12(6-24)22-10(3)26/h6,8-9,11-13,15-16,25,27,30H,4-5,7H2,1-3H3,(H2,20,31)(H,21,33)(H,22,26)(H,23,32)(H,28,29)/t8?,9?,11?,12-,13+,15+,16+/m0/s1. The molecule has 0 fully saturated rings. The Hall–Kier alpha value is -3.14. The fraction of sp³-hybridized carbons (Fsp3) is 0.684. The second-order valence-corrected chi connectivity index (χ2v) is 7.47. The molecule has 3 unspecified atom stereocenters. The number of hydrogen-bond acceptors (Lipinski definition) is 10. The molecule has 0 radical (unpaired) electrons. The maximum atomic E-state index is 12.5. The lowest BCUT2D eigenvalue weighted by molar-refractivity contribution is -0.157. The number of rotatable bonds is 16. The van der Waals surface area contributed by atoms with Gasteiger partial charge in [0.2, 0.25) is 23.6 Å². The summed E-state index contributed by atoms with van der Waals surface area (Å²) in [5.74, 6) is -4.62. The first-order valence-electron chi connectivity index (χ1n) is 10.2. The van der Waals surface area contributed by atoms with Gasteiger partial charge in [-0.2, -0.15) is 0 Å². The van der Waals surface area contributed by atoms with Crippen LogP contribution in [-0.4, -0.2) is 105 Å². The van der Waals surface area contributed by atoms with E-state index >= 15 is 0 Å². The van der Waals surface area contributed by atoms with E-state index in [1.54, 1.807) is 0 Å². The van der Waals surface area contributed by atoms with E-state index in [2.05, 4.69) is 16.0 Å². The second-order valence-electron chi connectivity index (χ2n) is 7.47. The van der Waals surface area contributed by atoms with Crippen molar-refractivity contribution in [2.75, 3.05) is 6.61 Å². The Balaban J connectivity index is 5.28. The van der Waals surface area contributed by atoms with Crippen LogP contribution >= 0.6 is 0 Å². The molecule has 0 heterocycles. The number of nitrogens with two attached hydrogens (primary N) is 1. The summed E-state index contributed by atoms with van der Waals surface area (Å²) in [5, 5.41) is 44.3. The zero-order chi connectivity index (χ0) is 26.6. The summed E-state index contributed by atoms with van der Waals surface area (Å²) in [4.78, 5) is 69.6. The second kappa shape index (κ2) is 14.9. The molecule has 0 aliphatic rings. The van der Waals surface area contributed by atoms with E-state index in [9.17, 15) is 39.0 Å². The molecule has 194 valence electrons. The van der Waals surface area contributed by atoms with Crippen molar-refractivity contribution in [2.24, 2.45) is 5.73 Å². The lowest BCUT2D eigenvalue weighted by Gasteiger charge is -2.32. The van der Waals surface area contributed by atoms with Crippen molar-refractivity contribution in [1.29, 1.82) is 0 Å². The number of primary amides is 1. The Labute approximate surface area is 195 Å². The topological polar surface area (TPSA) is 255 Å². The van der Waals surface area contributed by atoms with Gasteiger partial charge in [-0.05, 0) is 20.3 Å². The average Bonchev–Trinajstić information content (AvgIpc) is 2.76. The van der Waals surface area contributed by atoms with Crippen LogP contribution in [0.4, 0.5) is 0 Å². The first-order chi connectivity index (χ1) is 15.7. The summed E-state index contributed by atoms with van der Waals surface area (Å²) in [6.45, 7) is 2.62. The quantitative estimate of drug-likeness (QED) is 0.0953. The summed E-state index contributed by atoms with van der Waals surface area (Å²) in [5.41, 5.74) is 5.14. The van der Waals surface area contributed by atoms with Crippen molar-refractivity contribution in [3.05, 3.63) is 0 Å². The van der Waals surface area contributed by atoms with Gasteiger partial charge < -0.3 is 51.6 Å². The first-order valence-corrected chi connectivity index (χ1v) is 10.2. The van der Waals surface area contributed by atoms with Crippen molar-refractivity contribution in [3.63, 3.8) is 0 Å². The van der Waals surface area contributed by atoms with E-state index in [0.29, 0.717) is 0 Å². The minimum Gasteiger partial charge on any atom is -0.481 e. The van der Waals surface area contributed by atoms with Crippen LogP contribution in [0.1, 0.15) is 33.6 Å². The number of carboxylic acids is 1. The van der Waals surface area contributed by atoms with E-state index < -0.39 is 85.2 Å². The molecular formula is C19H32N4O11. The minimum atomic E-state index is -1.88. The summed E-state index contributed by atoms with van der Waals surface area (Å²) < 4.78 is 5.37. The predicted molar refractivity (Wildman–Crippen MR) is 113 cm³/mol. The predicted octanol–water partition coefficient (Wildman–Crippen LogP) is -4.48. The van der Waals surface area contributed by atoms with Gasteiger partial charge in [0.15, 0.2) is 0 Å². The lowest BCUT2D eigenvalue weighted by atomic mass is 10.0. The van der Waals surface area contributed by atoms with Crippen LogP contribution in [0, 0.1) is 0 Å². The molecule has 0 saturated carbocycles. The monoisotopic (exact) mass is 492 g/mol. The van der Waals surface area contributed by atoms with E-state index in [4.69, 9.17) is 20.7 Å². The summed E-state index contributed by atoms with van der Waals surface area (Å²) >= 11 is 0. The Morgan fingerprint density at radius 1 is 1.03 bits per heavy atom. The van der Waals surface area contributed by atoms with Crippen molar-refractivity contribution in [1.82, 2.24) is 16.0 Å². The molecule has 0 spiro atoms. The number of aliphatic hydroxyl groups is 3. The van der Waals surface area contributed by atoms with Crippen LogP contribution in [-0.2, 0) is 33.5 Å². The molecule has 0 aromatic carbocycles. The summed E-state index contributed by atoms with van der Waals surface area (Å²) in [6.07, 6.45) is -7.22. The molecule has 9 N–H and O–H groups in total. The molecular weight excluding hydrogens is 460 g/mol. The Kier molecular flexibility index (Phi) is 13.5. The first kappa shape index (κ1) is 30.9. The Bertz CT molecular complexity index is 748. The van der Waals surface area contributed by atoms with Gasteiger partial charge in [0.1, 0.15) is 48.8 Å². The number of carbonyl (C=O) groups is 6. The Morgan fingerprint density at radius 2 is 1.62 bits per heavy atom. The molecule has 0 rings (SSSR count). The fourth-order valence-electron chi connectivity index (χ4n) is 2.68. The van der Waals surface area contributed by atoms with Crippen molar-refractivity contribution in [2.45, 2.75) is 76.2 Å². The van der Waals surface area contributed by atoms with Crippen molar-refractivity contribution >= 4 is 35.9 Å². The number of hydrogen-bond donors (Lipinski definition) is 8. The lowest BCUT2D eigenvalue weighted by Crippen LogP contribution is -2.57. The largest absolute Gasteiger partial charge is 0.481 e. The van der Waals surface area contributed by atoms with Crippen LogP contribution in [0.5, 0.6) is 0 Å². The number of carbonyl (C=O) groups excluding carboxylic acids is 5. The van der Waals surface area contributed by atoms with Gasteiger partial charge in [0.25, 0.3) is 0 Å². The van der Waals surface area contributed by atoms with Gasteiger partial charge in [-0.3, -0.25) is 24.0 Å². The fourth-order valence-corrected chi connectivity index (χ4v) is 2.68. The number of ether oxygens (including phenoxy) is 1. The van der Waals surface area contributed by atoms with Gasteiger partial charge >= 0.3 is 5.97 Å². The number of nitrogens with one attached hydrogen (secondary N) is 3. The molecule has 4 amide bonds. The number of aliphatic hydroxyl groups excluding tert-OH is 3. The molecule has 34 heavy (non-hydrogen) atoms. The number of amides is 4. The van der Waals surface area contributed by atoms with Crippen LogP contribution < -0.4 is 21.7 Å². The number of aliphatic carboxylic acids is 1. The van der Waals surface area contributed by atoms with E-state index in [1.807, 2.05) is 0 Å². The summed E-state index contributed by atoms with van der Waals surface area (Å²) in [6, 6.07) is -4.02. The zero-order valence-electron chi connectivity index (χ0n) is 19.0. The zero-order valence-corrected chi connectivity index (χ0v) is 19.0. The summed E-state index contributed by atoms with van der Waals surface area (Å²) in [7, 11) is 0. The molecule has 0 aromatic rings. The third-order valence-corrected chi connectivity index (χ3v) is 4.58. The third-order valence-electron chi connectivity index (χ3n) is 4.58. The molecule has 0 aliphatic heterocycles. The molecule has 0 aliphatic carbocycles. The van der Waals surface area contributed by atoms with Gasteiger partial charge in [0.05, 0.1) is 6.61 Å². The number of carboxylic acid groups (broad SMARTS) is 1. The highest BCUT2D eigenvalue weighted by Gasteiger charge is 2.37. The van der Waals surface area contributed by atoms with Crippen LogP contribution in [0.3, 0.4) is 0 Å². The highest BCUT2D eigenvalue weighted by Crippen LogP contribution is 2.12. The maximum Gasteiger partial charge on any atom is 0.303 e. The van der Waals surface area contributed by atoms with Crippen LogP contribution in [0.25, 0.3) is 0 Å². The SMILES string of the molecule is CC(=O)N[C@@H](C=O)[C@@H](OC(C)C(=O)NC(C)C(=O)NC(CCC(=O)O)C(N)=O)[C@H](O)[C@H](O)CO. The molecule has 0 aromatic heterocycles. The minimum absolute atomic E-state index is 0.209. The molecule has 0 bridgehead atoms. The van der Waals surface area contributed by atoms with E-state index in [1.165, 1.54) is 13.8 Å². The number of aldehydes is 1.